The van der Waals surface area contributed by atoms with Gasteiger partial charge in [0.25, 0.3) is 5.91 Å². The summed E-state index contributed by atoms with van der Waals surface area (Å²) in [6.45, 7) is 2.69. The summed E-state index contributed by atoms with van der Waals surface area (Å²) in [7, 11) is 2.18. The number of hydrogen-bond donors (Lipinski definition) is 0. The Kier molecular flexibility index (Phi) is 3.49. The Morgan fingerprint density at radius 3 is 2.70 bits per heavy atom. The van der Waals surface area contributed by atoms with Crippen LogP contribution in [-0.2, 0) is 5.41 Å². The van der Waals surface area contributed by atoms with Crippen molar-refractivity contribution in [2.24, 2.45) is 0 Å². The summed E-state index contributed by atoms with van der Waals surface area (Å²) in [4.78, 5) is 17.0. The summed E-state index contributed by atoms with van der Waals surface area (Å²) in [5.74, 6) is 0.0840. The molecule has 1 aromatic carbocycles. The van der Waals surface area contributed by atoms with Crippen LogP contribution in [0.5, 0.6) is 0 Å². The van der Waals surface area contributed by atoms with Crippen molar-refractivity contribution in [1.29, 1.82) is 0 Å². The smallest absolute Gasteiger partial charge is 0.257 e. The fourth-order valence-electron chi connectivity index (χ4n) is 4.36. The zero-order valence-electron chi connectivity index (χ0n) is 13.4. The highest BCUT2D eigenvalue weighted by Gasteiger charge is 2.50. The van der Waals surface area contributed by atoms with Gasteiger partial charge in [-0.1, -0.05) is 30.3 Å². The van der Waals surface area contributed by atoms with Crippen LogP contribution in [0.15, 0.2) is 53.3 Å². The lowest BCUT2D eigenvalue weighted by molar-refractivity contribution is 0.0552. The summed E-state index contributed by atoms with van der Waals surface area (Å²) in [5, 5.41) is 0. The average Bonchev–Trinajstić information content (AvgIpc) is 3.24. The first kappa shape index (κ1) is 14.5. The number of amides is 1. The Morgan fingerprint density at radius 2 is 1.96 bits per heavy atom. The van der Waals surface area contributed by atoms with Gasteiger partial charge in [-0.3, -0.25) is 4.79 Å². The molecule has 0 N–H and O–H groups in total. The number of likely N-dealkylation sites (tertiary alicyclic amines) is 2. The molecule has 0 aliphatic carbocycles. The third kappa shape index (κ3) is 2.29. The van der Waals surface area contributed by atoms with Gasteiger partial charge in [0.2, 0.25) is 0 Å². The first-order valence-corrected chi connectivity index (χ1v) is 8.28. The number of piperidine rings is 1. The van der Waals surface area contributed by atoms with Gasteiger partial charge in [0.05, 0.1) is 11.8 Å². The van der Waals surface area contributed by atoms with Crippen LogP contribution >= 0.6 is 0 Å². The first-order valence-electron chi connectivity index (χ1n) is 8.28. The van der Waals surface area contributed by atoms with Crippen LogP contribution in [-0.4, -0.2) is 48.4 Å². The molecule has 2 aliphatic heterocycles. The Hall–Kier alpha value is -2.07. The Balaban J connectivity index is 1.62. The molecule has 2 saturated heterocycles. The van der Waals surface area contributed by atoms with Gasteiger partial charge in [0.1, 0.15) is 6.26 Å². The molecule has 3 heterocycles. The molecule has 0 unspecified atom stereocenters. The minimum Gasteiger partial charge on any atom is -0.472 e. The van der Waals surface area contributed by atoms with E-state index in [4.69, 9.17) is 4.42 Å². The Morgan fingerprint density at radius 1 is 1.17 bits per heavy atom. The van der Waals surface area contributed by atoms with Gasteiger partial charge < -0.3 is 14.2 Å². The lowest BCUT2D eigenvalue weighted by Crippen LogP contribution is -2.56. The topological polar surface area (TPSA) is 36.7 Å². The summed E-state index contributed by atoms with van der Waals surface area (Å²) >= 11 is 0. The molecule has 0 saturated carbocycles. The molecule has 2 aromatic rings. The molecule has 0 radical (unpaired) electrons. The van der Waals surface area contributed by atoms with Gasteiger partial charge in [-0.15, -0.1) is 0 Å². The number of benzene rings is 1. The molecule has 4 heteroatoms. The molecule has 0 bridgehead atoms. The third-order valence-corrected chi connectivity index (χ3v) is 5.71. The number of likely N-dealkylation sites (N-methyl/N-ethyl adjacent to an activating group) is 1. The lowest BCUT2D eigenvalue weighted by Gasteiger charge is -2.46. The lowest BCUT2D eigenvalue weighted by atomic mass is 9.69. The quantitative estimate of drug-likeness (QED) is 0.856. The van der Waals surface area contributed by atoms with E-state index < -0.39 is 0 Å². The average molecular weight is 310 g/mol. The molecule has 4 rings (SSSR count). The minimum atomic E-state index is 0.0840. The van der Waals surface area contributed by atoms with Gasteiger partial charge in [-0.05, 0) is 38.1 Å². The highest BCUT2D eigenvalue weighted by Crippen LogP contribution is 2.45. The Bertz CT molecular complexity index is 683. The van der Waals surface area contributed by atoms with Gasteiger partial charge in [0.15, 0.2) is 0 Å². The van der Waals surface area contributed by atoms with E-state index in [1.165, 1.54) is 12.0 Å². The molecular formula is C19H22N2O2. The second-order valence-corrected chi connectivity index (χ2v) is 6.78. The van der Waals surface area contributed by atoms with E-state index in [0.717, 1.165) is 26.1 Å². The zero-order chi connectivity index (χ0) is 15.9. The van der Waals surface area contributed by atoms with E-state index >= 15 is 0 Å². The van der Waals surface area contributed by atoms with Crippen molar-refractivity contribution in [3.8, 4) is 0 Å². The molecule has 1 aromatic heterocycles. The third-order valence-electron chi connectivity index (χ3n) is 5.71. The van der Waals surface area contributed by atoms with Crippen LogP contribution in [0.4, 0.5) is 0 Å². The predicted molar refractivity (Wildman–Crippen MR) is 88.4 cm³/mol. The van der Waals surface area contributed by atoms with Gasteiger partial charge in [-0.25, -0.2) is 0 Å². The fraction of sp³-hybridized carbons (Fsp3) is 0.421. The van der Waals surface area contributed by atoms with Crippen molar-refractivity contribution < 1.29 is 9.21 Å². The summed E-state index contributed by atoms with van der Waals surface area (Å²) in [5.41, 5.74) is 2.26. The van der Waals surface area contributed by atoms with Crippen molar-refractivity contribution >= 4 is 5.91 Å². The standard InChI is InChI=1S/C19H22N2O2/c1-20-10-8-19(16-5-3-2-4-6-16)9-11-21(13-17(19)20)18(22)15-7-12-23-14-15/h2-7,12,14,17H,8-11,13H2,1H3/t17-,19+/m1/s1. The van der Waals surface area contributed by atoms with Crippen LogP contribution in [0.2, 0.25) is 0 Å². The van der Waals surface area contributed by atoms with Crippen LogP contribution < -0.4 is 0 Å². The van der Waals surface area contributed by atoms with E-state index in [2.05, 4.69) is 42.3 Å². The number of hydrogen-bond acceptors (Lipinski definition) is 3. The predicted octanol–water partition coefficient (Wildman–Crippen LogP) is 2.77. The van der Waals surface area contributed by atoms with Crippen LogP contribution in [0.1, 0.15) is 28.8 Å². The monoisotopic (exact) mass is 310 g/mol. The van der Waals surface area contributed by atoms with E-state index in [1.54, 1.807) is 18.6 Å². The number of furan rings is 1. The Labute approximate surface area is 136 Å². The number of carbonyl (C=O) groups is 1. The maximum atomic E-state index is 12.6. The zero-order valence-corrected chi connectivity index (χ0v) is 13.4. The van der Waals surface area contributed by atoms with E-state index in [0.29, 0.717) is 11.6 Å². The molecule has 1 amide bonds. The highest BCUT2D eigenvalue weighted by molar-refractivity contribution is 5.94. The molecule has 2 fully saturated rings. The number of nitrogens with zero attached hydrogens (tertiary/aromatic N) is 2. The molecular weight excluding hydrogens is 288 g/mol. The van der Waals surface area contributed by atoms with Crippen molar-refractivity contribution in [1.82, 2.24) is 9.80 Å². The second kappa shape index (κ2) is 5.53. The van der Waals surface area contributed by atoms with Crippen molar-refractivity contribution in [3.05, 3.63) is 60.1 Å². The normalized spacial score (nSPS) is 27.9. The van der Waals surface area contributed by atoms with Crippen LogP contribution in [0.25, 0.3) is 0 Å². The number of fused-ring (bicyclic) bond motifs is 1. The largest absolute Gasteiger partial charge is 0.472 e. The minimum absolute atomic E-state index is 0.0840. The second-order valence-electron chi connectivity index (χ2n) is 6.78. The van der Waals surface area contributed by atoms with E-state index in [-0.39, 0.29) is 11.3 Å². The fourth-order valence-corrected chi connectivity index (χ4v) is 4.36. The summed E-state index contributed by atoms with van der Waals surface area (Å²) in [6, 6.07) is 13.0. The van der Waals surface area contributed by atoms with Gasteiger partial charge in [-0.2, -0.15) is 0 Å². The van der Waals surface area contributed by atoms with Crippen molar-refractivity contribution in [3.63, 3.8) is 0 Å². The van der Waals surface area contributed by atoms with Crippen molar-refractivity contribution in [2.45, 2.75) is 24.3 Å². The van der Waals surface area contributed by atoms with Gasteiger partial charge >= 0.3 is 0 Å². The highest BCUT2D eigenvalue weighted by atomic mass is 16.3. The summed E-state index contributed by atoms with van der Waals surface area (Å²) in [6.07, 6.45) is 5.30. The van der Waals surface area contributed by atoms with E-state index in [9.17, 15) is 4.79 Å². The number of carbonyl (C=O) groups excluding carboxylic acids is 1. The van der Waals surface area contributed by atoms with E-state index in [1.807, 2.05) is 4.90 Å². The molecule has 23 heavy (non-hydrogen) atoms. The van der Waals surface area contributed by atoms with Crippen LogP contribution in [0.3, 0.4) is 0 Å². The molecule has 120 valence electrons. The maximum Gasteiger partial charge on any atom is 0.257 e. The first-order chi connectivity index (χ1) is 11.2. The van der Waals surface area contributed by atoms with Crippen LogP contribution in [0, 0.1) is 0 Å². The number of rotatable bonds is 2. The molecule has 2 atom stereocenters. The SMILES string of the molecule is CN1CC[C@@]2(c3ccccc3)CCN(C(=O)c3ccoc3)C[C@@H]12. The molecule has 0 spiro atoms. The molecule has 2 aliphatic rings. The van der Waals surface area contributed by atoms with Crippen molar-refractivity contribution in [2.75, 3.05) is 26.7 Å². The summed E-state index contributed by atoms with van der Waals surface area (Å²) < 4.78 is 5.07. The molecule has 4 nitrogen and oxygen atoms in total. The maximum absolute atomic E-state index is 12.6. The van der Waals surface area contributed by atoms with Gasteiger partial charge in [0, 0.05) is 24.5 Å².